The summed E-state index contributed by atoms with van der Waals surface area (Å²) in [5, 5.41) is 4.20. The molecule has 1 amide bonds. The van der Waals surface area contributed by atoms with Crippen LogP contribution in [-0.2, 0) is 20.7 Å². The minimum atomic E-state index is -0.775. The van der Waals surface area contributed by atoms with Crippen molar-refractivity contribution in [3.63, 3.8) is 0 Å². The Morgan fingerprint density at radius 2 is 2.03 bits per heavy atom. The number of amides is 1. The second-order valence-electron chi connectivity index (χ2n) is 8.36. The van der Waals surface area contributed by atoms with Crippen LogP contribution in [0.5, 0.6) is 0 Å². The summed E-state index contributed by atoms with van der Waals surface area (Å²) in [4.78, 5) is 27.5. The normalized spacial score (nSPS) is 21.8. The Kier molecular flexibility index (Phi) is 5.43. The molecule has 1 aromatic heterocycles. The molecule has 1 aromatic carbocycles. The van der Waals surface area contributed by atoms with Crippen molar-refractivity contribution in [1.29, 1.82) is 0 Å². The van der Waals surface area contributed by atoms with Crippen LogP contribution in [0.4, 0.5) is 0 Å². The van der Waals surface area contributed by atoms with Crippen molar-refractivity contribution in [2.75, 3.05) is 19.7 Å². The summed E-state index contributed by atoms with van der Waals surface area (Å²) in [7, 11) is 0. The van der Waals surface area contributed by atoms with E-state index in [0.29, 0.717) is 38.3 Å². The number of likely N-dealkylation sites (tertiary alicyclic amines) is 1. The van der Waals surface area contributed by atoms with Gasteiger partial charge in [-0.25, -0.2) is 0 Å². The minimum absolute atomic E-state index is 0.145. The van der Waals surface area contributed by atoms with Gasteiger partial charge < -0.3 is 14.2 Å². The molecule has 29 heavy (non-hydrogen) atoms. The third-order valence-corrected chi connectivity index (χ3v) is 5.94. The Morgan fingerprint density at radius 3 is 2.72 bits per heavy atom. The van der Waals surface area contributed by atoms with Gasteiger partial charge in [0.25, 0.3) is 0 Å². The lowest BCUT2D eigenvalue weighted by Crippen LogP contribution is -2.52. The van der Waals surface area contributed by atoms with Crippen LogP contribution in [0, 0.1) is 18.3 Å². The number of piperidine rings is 1. The summed E-state index contributed by atoms with van der Waals surface area (Å²) < 4.78 is 11.0. The number of ether oxygens (including phenoxy) is 1. The number of carbonyl (C=O) groups is 2. The Bertz CT molecular complexity index is 885. The average Bonchev–Trinajstić information content (AvgIpc) is 3.48. The molecule has 2 aliphatic rings. The van der Waals surface area contributed by atoms with Crippen LogP contribution in [0.15, 0.2) is 34.9 Å². The SMILES string of the molecule is CCOC(=O)C1(Cc2cc(-c3ccc(C)cc3)no2)CCCN(C(=O)C2CC2)C1. The van der Waals surface area contributed by atoms with Crippen LogP contribution in [0.3, 0.4) is 0 Å². The van der Waals surface area contributed by atoms with E-state index >= 15 is 0 Å². The highest BCUT2D eigenvalue weighted by atomic mass is 16.5. The van der Waals surface area contributed by atoms with Crippen molar-refractivity contribution < 1.29 is 18.8 Å². The van der Waals surface area contributed by atoms with Crippen LogP contribution in [-0.4, -0.2) is 41.6 Å². The van der Waals surface area contributed by atoms with Gasteiger partial charge in [-0.3, -0.25) is 9.59 Å². The van der Waals surface area contributed by atoms with Crippen LogP contribution >= 0.6 is 0 Å². The van der Waals surface area contributed by atoms with E-state index in [1.165, 1.54) is 5.56 Å². The molecule has 154 valence electrons. The highest BCUT2D eigenvalue weighted by Crippen LogP contribution is 2.39. The number of benzene rings is 1. The number of aryl methyl sites for hydroxylation is 1. The van der Waals surface area contributed by atoms with E-state index in [0.717, 1.165) is 30.5 Å². The summed E-state index contributed by atoms with van der Waals surface area (Å²) in [6, 6.07) is 9.98. The third kappa shape index (κ3) is 4.21. The average molecular weight is 396 g/mol. The number of esters is 1. The summed E-state index contributed by atoms with van der Waals surface area (Å²) in [6.07, 6.45) is 3.78. The second kappa shape index (κ2) is 8.01. The largest absolute Gasteiger partial charge is 0.466 e. The van der Waals surface area contributed by atoms with Gasteiger partial charge >= 0.3 is 5.97 Å². The number of nitrogens with zero attached hydrogens (tertiary/aromatic N) is 2. The van der Waals surface area contributed by atoms with Crippen LogP contribution in [0.25, 0.3) is 11.3 Å². The lowest BCUT2D eigenvalue weighted by atomic mass is 9.76. The summed E-state index contributed by atoms with van der Waals surface area (Å²) >= 11 is 0. The highest BCUT2D eigenvalue weighted by Gasteiger charge is 2.47. The standard InChI is InChI=1S/C23H28N2O4/c1-3-28-22(27)23(11-4-12-25(15-23)21(26)18-9-10-18)14-19-13-20(24-29-19)17-7-5-16(2)6-8-17/h5-8,13,18H,3-4,9-12,14-15H2,1-2H3. The van der Waals surface area contributed by atoms with E-state index in [1.807, 2.05) is 49.1 Å². The zero-order chi connectivity index (χ0) is 20.4. The molecule has 1 atom stereocenters. The van der Waals surface area contributed by atoms with Gasteiger partial charge in [-0.2, -0.15) is 0 Å². The molecular weight excluding hydrogens is 368 g/mol. The number of hydrogen-bond acceptors (Lipinski definition) is 5. The van der Waals surface area contributed by atoms with Gasteiger partial charge in [-0.1, -0.05) is 35.0 Å². The molecule has 0 N–H and O–H groups in total. The zero-order valence-electron chi connectivity index (χ0n) is 17.1. The highest BCUT2D eigenvalue weighted by molar-refractivity contribution is 5.83. The summed E-state index contributed by atoms with van der Waals surface area (Å²) in [5.74, 6) is 0.721. The minimum Gasteiger partial charge on any atom is -0.466 e. The van der Waals surface area contributed by atoms with Crippen molar-refractivity contribution in [2.24, 2.45) is 11.3 Å². The van der Waals surface area contributed by atoms with E-state index in [-0.39, 0.29) is 17.8 Å². The van der Waals surface area contributed by atoms with Gasteiger partial charge in [0.15, 0.2) is 0 Å². The maximum Gasteiger partial charge on any atom is 0.314 e. The Hall–Kier alpha value is -2.63. The molecule has 6 heteroatoms. The lowest BCUT2D eigenvalue weighted by Gasteiger charge is -2.40. The monoisotopic (exact) mass is 396 g/mol. The van der Waals surface area contributed by atoms with Crippen LogP contribution in [0.2, 0.25) is 0 Å². The maximum absolute atomic E-state index is 13.0. The molecule has 4 rings (SSSR count). The van der Waals surface area contributed by atoms with Crippen LogP contribution < -0.4 is 0 Å². The fourth-order valence-electron chi connectivity index (χ4n) is 4.17. The molecule has 0 spiro atoms. The van der Waals surface area contributed by atoms with Crippen LogP contribution in [0.1, 0.15) is 43.9 Å². The molecule has 1 aliphatic heterocycles. The van der Waals surface area contributed by atoms with E-state index in [1.54, 1.807) is 0 Å². The Labute approximate surface area is 171 Å². The predicted octanol–water partition coefficient (Wildman–Crippen LogP) is 3.77. The number of aromatic nitrogens is 1. The molecule has 2 fully saturated rings. The van der Waals surface area contributed by atoms with Crippen molar-refractivity contribution in [3.05, 3.63) is 41.7 Å². The Balaban J connectivity index is 1.56. The first-order valence-electron chi connectivity index (χ1n) is 10.5. The van der Waals surface area contributed by atoms with E-state index in [4.69, 9.17) is 9.26 Å². The zero-order valence-corrected chi connectivity index (χ0v) is 17.1. The van der Waals surface area contributed by atoms with Gasteiger partial charge in [-0.15, -0.1) is 0 Å². The molecule has 1 saturated heterocycles. The third-order valence-electron chi connectivity index (χ3n) is 5.94. The molecule has 2 aromatic rings. The molecule has 0 bridgehead atoms. The molecule has 1 aliphatic carbocycles. The van der Waals surface area contributed by atoms with Crippen molar-refractivity contribution >= 4 is 11.9 Å². The quantitative estimate of drug-likeness (QED) is 0.695. The fourth-order valence-corrected chi connectivity index (χ4v) is 4.17. The van der Waals surface area contributed by atoms with Crippen molar-refractivity contribution in [1.82, 2.24) is 10.1 Å². The predicted molar refractivity (Wildman–Crippen MR) is 108 cm³/mol. The maximum atomic E-state index is 13.0. The molecule has 1 saturated carbocycles. The summed E-state index contributed by atoms with van der Waals surface area (Å²) in [5.41, 5.74) is 2.13. The molecular formula is C23H28N2O4. The number of rotatable bonds is 6. The van der Waals surface area contributed by atoms with Gasteiger partial charge in [0, 0.05) is 37.1 Å². The van der Waals surface area contributed by atoms with Crippen molar-refractivity contribution in [2.45, 2.75) is 46.0 Å². The topological polar surface area (TPSA) is 72.6 Å². The number of hydrogen-bond donors (Lipinski definition) is 0. The first-order valence-corrected chi connectivity index (χ1v) is 10.5. The molecule has 0 radical (unpaired) electrons. The van der Waals surface area contributed by atoms with Gasteiger partial charge in [-0.05, 0) is 39.5 Å². The second-order valence-corrected chi connectivity index (χ2v) is 8.36. The van der Waals surface area contributed by atoms with Gasteiger partial charge in [0.1, 0.15) is 11.5 Å². The number of carbonyl (C=O) groups excluding carboxylic acids is 2. The van der Waals surface area contributed by atoms with Gasteiger partial charge in [0.05, 0.1) is 12.0 Å². The van der Waals surface area contributed by atoms with E-state index in [2.05, 4.69) is 5.16 Å². The first-order chi connectivity index (χ1) is 14.0. The lowest BCUT2D eigenvalue weighted by molar-refractivity contribution is -0.161. The smallest absolute Gasteiger partial charge is 0.314 e. The molecule has 2 heterocycles. The van der Waals surface area contributed by atoms with Crippen molar-refractivity contribution in [3.8, 4) is 11.3 Å². The fraction of sp³-hybridized carbons (Fsp3) is 0.522. The first kappa shape index (κ1) is 19.7. The van der Waals surface area contributed by atoms with Gasteiger partial charge in [0.2, 0.25) is 5.91 Å². The molecule has 1 unspecified atom stereocenters. The Morgan fingerprint density at radius 1 is 1.28 bits per heavy atom. The van der Waals surface area contributed by atoms with E-state index in [9.17, 15) is 9.59 Å². The van der Waals surface area contributed by atoms with E-state index < -0.39 is 5.41 Å². The summed E-state index contributed by atoms with van der Waals surface area (Å²) in [6.45, 7) is 5.27. The molecule has 6 nitrogen and oxygen atoms in total.